The van der Waals surface area contributed by atoms with Gasteiger partial charge in [-0.3, -0.25) is 0 Å². The molecule has 6 aromatic carbocycles. The third kappa shape index (κ3) is 4.06. The van der Waals surface area contributed by atoms with Crippen molar-refractivity contribution in [2.75, 3.05) is 4.90 Å². The maximum Gasteiger partial charge on any atom is 0.159 e. The van der Waals surface area contributed by atoms with E-state index in [1.165, 1.54) is 21.9 Å². The lowest BCUT2D eigenvalue weighted by Crippen LogP contribution is -2.27. The maximum atomic E-state index is 6.69. The lowest BCUT2D eigenvalue weighted by molar-refractivity contribution is 0.574. The van der Waals surface area contributed by atoms with Crippen molar-refractivity contribution in [1.29, 1.82) is 0 Å². The Kier molecular flexibility index (Phi) is 5.70. The van der Waals surface area contributed by atoms with Gasteiger partial charge in [0.1, 0.15) is 16.6 Å². The van der Waals surface area contributed by atoms with Gasteiger partial charge in [0, 0.05) is 43.8 Å². The molecule has 3 nitrogen and oxygen atoms in total. The molecule has 0 saturated carbocycles. The standard InChI is InChI=1S/C44H29NO2/c1-2-11-28(12-3-1)29-21-23-32(24-22-29)45(39-19-10-18-36-34-16-8-9-20-41(34)46-44(36)39)40-27-38-37-25-30-13-4-5-14-31(30)26-42(37)47-43(38)35-17-7-6-15-33(35)40/h1-12,14-27,30H,13H2. The van der Waals surface area contributed by atoms with Crippen LogP contribution in [0.3, 0.4) is 0 Å². The van der Waals surface area contributed by atoms with Crippen LogP contribution in [0.1, 0.15) is 6.42 Å². The van der Waals surface area contributed by atoms with E-state index in [0.29, 0.717) is 5.92 Å². The predicted molar refractivity (Wildman–Crippen MR) is 195 cm³/mol. The van der Waals surface area contributed by atoms with Gasteiger partial charge in [0.15, 0.2) is 5.58 Å². The van der Waals surface area contributed by atoms with Gasteiger partial charge in [0.25, 0.3) is 0 Å². The van der Waals surface area contributed by atoms with E-state index in [1.54, 1.807) is 0 Å². The van der Waals surface area contributed by atoms with Crippen LogP contribution in [0.15, 0.2) is 160 Å². The summed E-state index contributed by atoms with van der Waals surface area (Å²) < 4.78 is 13.3. The van der Waals surface area contributed by atoms with Gasteiger partial charge in [-0.1, -0.05) is 121 Å². The van der Waals surface area contributed by atoms with E-state index in [9.17, 15) is 0 Å². The van der Waals surface area contributed by atoms with Crippen molar-refractivity contribution in [2.45, 2.75) is 6.42 Å². The first-order valence-electron chi connectivity index (χ1n) is 16.2. The molecule has 1 atom stereocenters. The van der Waals surface area contributed by atoms with Crippen LogP contribution in [0.4, 0.5) is 17.1 Å². The molecule has 0 amide bonds. The van der Waals surface area contributed by atoms with E-state index in [1.807, 2.05) is 12.1 Å². The molecule has 0 spiro atoms. The molecule has 0 N–H and O–H groups in total. The third-order valence-corrected chi connectivity index (χ3v) is 9.75. The topological polar surface area (TPSA) is 29.5 Å². The zero-order chi connectivity index (χ0) is 30.9. The molecule has 1 unspecified atom stereocenters. The molecule has 10 rings (SSSR count). The normalized spacial score (nSPS) is 15.3. The fourth-order valence-electron chi connectivity index (χ4n) is 7.49. The second kappa shape index (κ2) is 10.2. The summed E-state index contributed by atoms with van der Waals surface area (Å²) in [5.41, 5.74) is 10.4. The molecule has 8 aromatic rings. The third-order valence-electron chi connectivity index (χ3n) is 9.75. The maximum absolute atomic E-state index is 6.69. The van der Waals surface area contributed by atoms with Gasteiger partial charge in [0.05, 0.1) is 11.4 Å². The number of rotatable bonds is 4. The van der Waals surface area contributed by atoms with Crippen LogP contribution >= 0.6 is 0 Å². The van der Waals surface area contributed by atoms with Crippen molar-refractivity contribution in [1.82, 2.24) is 0 Å². The minimum atomic E-state index is 0.356. The van der Waals surface area contributed by atoms with E-state index < -0.39 is 0 Å². The molecule has 0 fully saturated rings. The molecule has 3 heteroatoms. The number of para-hydroxylation sites is 2. The molecule has 2 heterocycles. The Morgan fingerprint density at radius 1 is 0.574 bits per heavy atom. The molecule has 0 bridgehead atoms. The Balaban J connectivity index is 1.28. The van der Waals surface area contributed by atoms with Crippen molar-refractivity contribution in [3.8, 4) is 11.1 Å². The lowest BCUT2D eigenvalue weighted by atomic mass is 9.87. The van der Waals surface area contributed by atoms with Crippen molar-refractivity contribution in [3.63, 3.8) is 0 Å². The number of furan rings is 2. The minimum Gasteiger partial charge on any atom is -0.455 e. The molecule has 222 valence electrons. The van der Waals surface area contributed by atoms with Crippen LogP contribution in [0, 0.1) is 5.92 Å². The van der Waals surface area contributed by atoms with Crippen LogP contribution in [0.5, 0.6) is 0 Å². The monoisotopic (exact) mass is 603 g/mol. The summed E-state index contributed by atoms with van der Waals surface area (Å²) in [6, 6.07) is 45.1. The van der Waals surface area contributed by atoms with Gasteiger partial charge in [-0.2, -0.15) is 0 Å². The number of anilines is 3. The highest BCUT2D eigenvalue weighted by Crippen LogP contribution is 2.46. The van der Waals surface area contributed by atoms with Crippen LogP contribution in [-0.4, -0.2) is 0 Å². The van der Waals surface area contributed by atoms with Crippen molar-refractivity contribution in [3.05, 3.63) is 162 Å². The van der Waals surface area contributed by atoms with Crippen LogP contribution in [0.25, 0.3) is 67.0 Å². The molecule has 2 aliphatic rings. The van der Waals surface area contributed by atoms with E-state index in [4.69, 9.17) is 8.83 Å². The zero-order valence-electron chi connectivity index (χ0n) is 25.6. The lowest BCUT2D eigenvalue weighted by Gasteiger charge is -2.27. The van der Waals surface area contributed by atoms with Crippen LogP contribution in [0.2, 0.25) is 0 Å². The zero-order valence-corrected chi connectivity index (χ0v) is 25.6. The molecule has 0 radical (unpaired) electrons. The summed E-state index contributed by atoms with van der Waals surface area (Å²) in [6.07, 6.45) is 12.2. The SMILES string of the molecule is C1=CCC2C=c3c(oc4c3cc(N(c3ccc(-c5ccccc5)cc3)c3cccc5c3oc3ccccc35)c3ccccc34)=CC2=C1. The van der Waals surface area contributed by atoms with Gasteiger partial charge in [-0.05, 0) is 59.5 Å². The number of benzene rings is 6. The molecule has 0 aliphatic heterocycles. The fourth-order valence-corrected chi connectivity index (χ4v) is 7.49. The Hall–Kier alpha value is -6.06. The van der Waals surface area contributed by atoms with Gasteiger partial charge in [0.2, 0.25) is 0 Å². The smallest absolute Gasteiger partial charge is 0.159 e. The predicted octanol–water partition coefficient (Wildman–Crippen LogP) is 10.7. The number of fused-ring (bicyclic) bond motifs is 9. The van der Waals surface area contributed by atoms with Gasteiger partial charge >= 0.3 is 0 Å². The summed E-state index contributed by atoms with van der Waals surface area (Å²) in [5, 5.41) is 6.72. The summed E-state index contributed by atoms with van der Waals surface area (Å²) >= 11 is 0. The van der Waals surface area contributed by atoms with Crippen molar-refractivity contribution >= 4 is 72.9 Å². The first-order chi connectivity index (χ1) is 23.3. The summed E-state index contributed by atoms with van der Waals surface area (Å²) in [6.45, 7) is 0. The van der Waals surface area contributed by atoms with Gasteiger partial charge in [-0.15, -0.1) is 0 Å². The van der Waals surface area contributed by atoms with E-state index >= 15 is 0 Å². The summed E-state index contributed by atoms with van der Waals surface area (Å²) in [4.78, 5) is 2.36. The number of allylic oxidation sites excluding steroid dienone is 4. The van der Waals surface area contributed by atoms with E-state index in [0.717, 1.165) is 72.6 Å². The number of hydrogen-bond donors (Lipinski definition) is 0. The summed E-state index contributed by atoms with van der Waals surface area (Å²) in [7, 11) is 0. The second-order valence-corrected chi connectivity index (χ2v) is 12.4. The molecular weight excluding hydrogens is 574 g/mol. The second-order valence-electron chi connectivity index (χ2n) is 12.4. The first kappa shape index (κ1) is 26.2. The Labute approximate surface area is 271 Å². The summed E-state index contributed by atoms with van der Waals surface area (Å²) in [5.74, 6) is 0.356. The number of nitrogens with zero attached hydrogens (tertiary/aromatic N) is 1. The van der Waals surface area contributed by atoms with E-state index in [-0.39, 0.29) is 0 Å². The molecule has 0 saturated heterocycles. The quantitative estimate of drug-likeness (QED) is 0.200. The molecular formula is C44H29NO2. The average Bonchev–Trinajstić information content (AvgIpc) is 3.70. The molecule has 2 aromatic heterocycles. The number of hydrogen-bond acceptors (Lipinski definition) is 3. The van der Waals surface area contributed by atoms with Crippen LogP contribution in [-0.2, 0) is 0 Å². The highest BCUT2D eigenvalue weighted by atomic mass is 16.3. The molecule has 2 aliphatic carbocycles. The first-order valence-corrected chi connectivity index (χ1v) is 16.2. The van der Waals surface area contributed by atoms with Crippen molar-refractivity contribution in [2.24, 2.45) is 5.92 Å². The minimum absolute atomic E-state index is 0.356. The van der Waals surface area contributed by atoms with Crippen molar-refractivity contribution < 1.29 is 8.83 Å². The Morgan fingerprint density at radius 3 is 2.17 bits per heavy atom. The Morgan fingerprint density at radius 2 is 1.30 bits per heavy atom. The Bertz CT molecular complexity index is 2710. The largest absolute Gasteiger partial charge is 0.455 e. The molecule has 47 heavy (non-hydrogen) atoms. The van der Waals surface area contributed by atoms with Crippen LogP contribution < -0.4 is 15.5 Å². The van der Waals surface area contributed by atoms with Gasteiger partial charge < -0.3 is 13.7 Å². The highest BCUT2D eigenvalue weighted by molar-refractivity contribution is 6.15. The fraction of sp³-hybridized carbons (Fsp3) is 0.0455. The van der Waals surface area contributed by atoms with Gasteiger partial charge in [-0.25, -0.2) is 0 Å². The average molecular weight is 604 g/mol. The van der Waals surface area contributed by atoms with E-state index in [2.05, 4.69) is 151 Å². The highest BCUT2D eigenvalue weighted by Gasteiger charge is 2.24.